The first kappa shape index (κ1) is 65.8. The van der Waals surface area contributed by atoms with Crippen LogP contribution in [0.1, 0.15) is 106 Å². The first-order chi connectivity index (χ1) is 42.2. The standard InChI is InChI=1S/C20H17Cl3N4O2S.C20H19Cl2FN4OS.C20H19Cl2IN4OS/c1-11-18(20(29)25-26-9-3-2-4-17(26)28)24-27(14-6-5-12(21)10-13(14)22)19(11)15-7-8-16(23)30-15;2*1-12-18(20(28)25-26-9-3-2-4-10-26)24-27(15-6-5-13(21)11-14(15)22)19(12)16-7-8-17(23)29-16/h5-8,10H,2-4,9H2,1H3,(H,25,29);2*5-8,11H,2-4,9-10H2,1H3,(H,25,28). The van der Waals surface area contributed by atoms with Gasteiger partial charge in [0.05, 0.1) is 71.1 Å². The summed E-state index contributed by atoms with van der Waals surface area (Å²) in [5, 5.41) is 21.5. The van der Waals surface area contributed by atoms with Crippen LogP contribution in [0.2, 0.25) is 34.5 Å². The first-order valence-electron chi connectivity index (χ1n) is 27.9. The van der Waals surface area contributed by atoms with E-state index < -0.39 is 5.91 Å². The van der Waals surface area contributed by atoms with Gasteiger partial charge in [0, 0.05) is 70.9 Å². The number of amides is 4. The van der Waals surface area contributed by atoms with Crippen molar-refractivity contribution in [2.24, 2.45) is 0 Å². The van der Waals surface area contributed by atoms with Gasteiger partial charge in [-0.2, -0.15) is 19.7 Å². The Hall–Kier alpha value is -5.12. The topological polar surface area (TPSA) is 168 Å². The molecule has 3 aromatic carbocycles. The number of carbonyl (C=O) groups excluding carboxylic acids is 4. The van der Waals surface area contributed by atoms with Crippen LogP contribution >= 0.6 is 138 Å². The summed E-state index contributed by atoms with van der Waals surface area (Å²) in [6.45, 7) is 9.40. The van der Waals surface area contributed by atoms with Gasteiger partial charge in [-0.05, 0) is 173 Å². The van der Waals surface area contributed by atoms with E-state index in [2.05, 4.69) is 54.2 Å². The van der Waals surface area contributed by atoms with Gasteiger partial charge in [-0.1, -0.05) is 94.0 Å². The van der Waals surface area contributed by atoms with Crippen LogP contribution in [0.3, 0.4) is 0 Å². The van der Waals surface area contributed by atoms with Crippen molar-refractivity contribution in [1.29, 1.82) is 0 Å². The Morgan fingerprint density at radius 2 is 0.864 bits per heavy atom. The summed E-state index contributed by atoms with van der Waals surface area (Å²) in [4.78, 5) is 53.6. The Balaban J connectivity index is 0.000000146. The van der Waals surface area contributed by atoms with Crippen molar-refractivity contribution in [3.8, 4) is 48.8 Å². The zero-order chi connectivity index (χ0) is 62.5. The SMILES string of the molecule is Cc1c(C(=O)NN2CCCCC2)nn(-c2ccc(Cl)cc2Cl)c1-c1ccc(F)s1.Cc1c(C(=O)NN2CCCCC2)nn(-c2ccc(Cl)cc2Cl)c1-c1ccc(I)s1.Cc1c(C(=O)NN2CCCCC2=O)nn(-c2ccc(Cl)cc2Cl)c1-c1ccc(Cl)s1. The van der Waals surface area contributed by atoms with Crippen LogP contribution in [0.15, 0.2) is 91.0 Å². The van der Waals surface area contributed by atoms with Crippen LogP contribution in [0.5, 0.6) is 0 Å². The predicted octanol–water partition coefficient (Wildman–Crippen LogP) is 17.0. The smallest absolute Gasteiger partial charge is 0.283 e. The van der Waals surface area contributed by atoms with Crippen molar-refractivity contribution in [2.75, 3.05) is 32.7 Å². The van der Waals surface area contributed by atoms with Gasteiger partial charge < -0.3 is 0 Å². The molecule has 9 heterocycles. The molecule has 28 heteroatoms. The maximum absolute atomic E-state index is 13.7. The highest BCUT2D eigenvalue weighted by Gasteiger charge is 2.30. The van der Waals surface area contributed by atoms with Gasteiger partial charge in [0.25, 0.3) is 17.7 Å². The number of piperidine rings is 3. The molecule has 0 spiro atoms. The van der Waals surface area contributed by atoms with Crippen LogP contribution in [-0.4, -0.2) is 101 Å². The molecule has 0 radical (unpaired) electrons. The summed E-state index contributed by atoms with van der Waals surface area (Å²) in [6.07, 6.45) is 8.75. The highest BCUT2D eigenvalue weighted by Crippen LogP contribution is 2.40. The van der Waals surface area contributed by atoms with Crippen LogP contribution in [0.25, 0.3) is 48.8 Å². The van der Waals surface area contributed by atoms with Gasteiger partial charge in [-0.3, -0.25) is 40.5 Å². The minimum atomic E-state index is -0.449. The molecule has 4 amide bonds. The van der Waals surface area contributed by atoms with Crippen molar-refractivity contribution in [3.63, 3.8) is 0 Å². The lowest BCUT2D eigenvalue weighted by atomic mass is 10.1. The molecule has 88 heavy (non-hydrogen) atoms. The molecule has 0 aliphatic carbocycles. The Morgan fingerprint density at radius 1 is 0.477 bits per heavy atom. The minimum absolute atomic E-state index is 0.0994. The Morgan fingerprint density at radius 3 is 1.23 bits per heavy atom. The molecule has 12 rings (SSSR count). The van der Waals surface area contributed by atoms with E-state index in [0.717, 1.165) is 99.9 Å². The highest BCUT2D eigenvalue weighted by molar-refractivity contribution is 14.1. The number of hydrazine groups is 3. The second kappa shape index (κ2) is 29.4. The molecule has 460 valence electrons. The Kier molecular flexibility index (Phi) is 22.0. The van der Waals surface area contributed by atoms with Gasteiger partial charge in [0.1, 0.15) is 0 Å². The molecular formula is C60H55Cl7FIN12O4S3. The summed E-state index contributed by atoms with van der Waals surface area (Å²) in [5.41, 5.74) is 15.7. The third-order valence-electron chi connectivity index (χ3n) is 14.6. The number of benzene rings is 3. The number of nitrogens with zero attached hydrogens (tertiary/aromatic N) is 9. The van der Waals surface area contributed by atoms with Crippen molar-refractivity contribution in [3.05, 3.63) is 167 Å². The lowest BCUT2D eigenvalue weighted by Gasteiger charge is -2.26. The summed E-state index contributed by atoms with van der Waals surface area (Å²) in [5.74, 6) is -1.03. The van der Waals surface area contributed by atoms with Crippen molar-refractivity contribution < 1.29 is 23.6 Å². The number of hydrogen-bond acceptors (Lipinski definition) is 12. The van der Waals surface area contributed by atoms with E-state index >= 15 is 0 Å². The molecule has 3 aliphatic rings. The molecule has 0 atom stereocenters. The Bertz CT molecular complexity index is 3910. The van der Waals surface area contributed by atoms with E-state index in [-0.39, 0.29) is 34.2 Å². The van der Waals surface area contributed by atoms with Gasteiger partial charge in [-0.15, -0.1) is 34.0 Å². The lowest BCUT2D eigenvalue weighted by Crippen LogP contribution is -2.48. The van der Waals surface area contributed by atoms with E-state index in [1.165, 1.54) is 35.3 Å². The maximum atomic E-state index is 13.7. The van der Waals surface area contributed by atoms with Crippen molar-refractivity contribution in [1.82, 2.24) is 60.6 Å². The molecule has 16 nitrogen and oxygen atoms in total. The van der Waals surface area contributed by atoms with Crippen LogP contribution in [0, 0.1) is 28.8 Å². The quantitative estimate of drug-likeness (QED) is 0.101. The number of nitrogens with one attached hydrogen (secondary N) is 3. The number of hydrogen-bond donors (Lipinski definition) is 3. The van der Waals surface area contributed by atoms with Crippen molar-refractivity contribution in [2.45, 2.75) is 78.6 Å². The molecular weight excluding hydrogens is 1440 g/mol. The van der Waals surface area contributed by atoms with Gasteiger partial charge >= 0.3 is 0 Å². The van der Waals surface area contributed by atoms with E-state index in [1.807, 2.05) is 55.1 Å². The second-order valence-electron chi connectivity index (χ2n) is 20.7. The zero-order valence-electron chi connectivity index (χ0n) is 47.3. The third-order valence-corrected chi connectivity index (χ3v) is 20.3. The molecule has 0 saturated carbocycles. The number of rotatable bonds is 12. The highest BCUT2D eigenvalue weighted by atomic mass is 127. The first-order valence-corrected chi connectivity index (χ1v) is 34.1. The van der Waals surface area contributed by atoms with Gasteiger partial charge in [0.15, 0.2) is 22.2 Å². The fourth-order valence-electron chi connectivity index (χ4n) is 10.3. The Labute approximate surface area is 567 Å². The van der Waals surface area contributed by atoms with Crippen LogP contribution < -0.4 is 16.3 Å². The largest absolute Gasteiger partial charge is 0.290 e. The lowest BCUT2D eigenvalue weighted by molar-refractivity contribution is -0.135. The molecule has 3 N–H and O–H groups in total. The zero-order valence-corrected chi connectivity index (χ0v) is 57.2. The number of thiophene rings is 3. The fraction of sp³-hybridized carbons (Fsp3) is 0.283. The average Bonchev–Trinajstić information content (AvgIpc) is 2.35. The van der Waals surface area contributed by atoms with Gasteiger partial charge in [-0.25, -0.2) is 24.1 Å². The summed E-state index contributed by atoms with van der Waals surface area (Å²) in [7, 11) is 0. The number of carbonyl (C=O) groups is 4. The number of aromatic nitrogens is 6. The summed E-state index contributed by atoms with van der Waals surface area (Å²) < 4.78 is 20.5. The molecule has 0 unspecified atom stereocenters. The molecule has 9 aromatic rings. The maximum Gasteiger partial charge on any atom is 0.290 e. The molecule has 3 saturated heterocycles. The van der Waals surface area contributed by atoms with E-state index in [0.29, 0.717) is 97.6 Å². The third kappa shape index (κ3) is 15.3. The number of halogens is 9. The minimum Gasteiger partial charge on any atom is -0.283 e. The predicted molar refractivity (Wildman–Crippen MR) is 361 cm³/mol. The molecule has 6 aromatic heterocycles. The second-order valence-corrected chi connectivity index (χ2v) is 29.0. The summed E-state index contributed by atoms with van der Waals surface area (Å²) in [6, 6.07) is 26.2. The fourth-order valence-corrected chi connectivity index (χ4v) is 15.4. The van der Waals surface area contributed by atoms with E-state index in [9.17, 15) is 23.6 Å². The normalized spacial score (nSPS) is 14.7. The monoisotopic (exact) mass is 1490 g/mol. The van der Waals surface area contributed by atoms with Gasteiger partial charge in [0.2, 0.25) is 5.91 Å². The molecule has 0 bridgehead atoms. The summed E-state index contributed by atoms with van der Waals surface area (Å²) >= 11 is 49.9. The average molecular weight is 1500 g/mol. The van der Waals surface area contributed by atoms with E-state index in [1.54, 1.807) is 86.0 Å². The molecule has 3 aliphatic heterocycles. The molecule has 3 fully saturated rings. The van der Waals surface area contributed by atoms with E-state index in [4.69, 9.17) is 81.2 Å². The van der Waals surface area contributed by atoms with Crippen LogP contribution in [0.4, 0.5) is 4.39 Å². The van der Waals surface area contributed by atoms with Crippen LogP contribution in [-0.2, 0) is 4.79 Å². The van der Waals surface area contributed by atoms with Crippen molar-refractivity contribution >= 4 is 161 Å².